The number of aryl methyl sites for hydroxylation is 1. The number of amides is 1. The predicted octanol–water partition coefficient (Wildman–Crippen LogP) is 4.71. The quantitative estimate of drug-likeness (QED) is 0.669. The predicted molar refractivity (Wildman–Crippen MR) is 124 cm³/mol. The van der Waals surface area contributed by atoms with Crippen LogP contribution in [0.15, 0.2) is 34.3 Å². The number of ether oxygens (including phenoxy) is 1. The molecule has 0 spiro atoms. The molecule has 165 valence electrons. The lowest BCUT2D eigenvalue weighted by molar-refractivity contribution is -0.121. The number of halogens is 2. The van der Waals surface area contributed by atoms with Crippen LogP contribution in [0.4, 0.5) is 5.82 Å². The molecule has 2 aliphatic rings. The largest absolute Gasteiger partial charge is 0.381 e. The average Bonchev–Trinajstić information content (AvgIpc) is 2.79. The van der Waals surface area contributed by atoms with E-state index in [9.17, 15) is 4.79 Å². The van der Waals surface area contributed by atoms with Crippen LogP contribution < -0.4 is 10.2 Å². The first kappa shape index (κ1) is 22.6. The van der Waals surface area contributed by atoms with E-state index in [4.69, 9.17) is 32.9 Å². The Morgan fingerprint density at radius 3 is 2.68 bits per heavy atom. The van der Waals surface area contributed by atoms with Gasteiger partial charge in [-0.1, -0.05) is 41.0 Å². The summed E-state index contributed by atoms with van der Waals surface area (Å²) in [5.41, 5.74) is 0.838. The highest BCUT2D eigenvalue weighted by Crippen LogP contribution is 2.37. The molecule has 1 N–H and O–H groups in total. The zero-order chi connectivity index (χ0) is 21.8. The summed E-state index contributed by atoms with van der Waals surface area (Å²) in [6.45, 7) is 4.92. The standard InChI is InChI=1S/C22H25Cl2N4O2S/c1-14-22(31-18-4-2-3-17(23)20(18)24)25-13-19(26-14)28-9-5-15(6-10-28)21(29)27-16-7-11-30-12-8-16/h2-4,13,16H,5-12H2,1H3,(H,27,29). The fourth-order valence-corrected chi connectivity index (χ4v) is 5.07. The Bertz CT molecular complexity index is 932. The second-order valence-corrected chi connectivity index (χ2v) is 9.54. The van der Waals surface area contributed by atoms with Gasteiger partial charge < -0.3 is 15.0 Å². The van der Waals surface area contributed by atoms with E-state index in [0.717, 1.165) is 79.3 Å². The smallest absolute Gasteiger partial charge is 0.227 e. The van der Waals surface area contributed by atoms with Crippen molar-refractivity contribution in [2.24, 2.45) is 0 Å². The third kappa shape index (κ3) is 5.64. The first-order valence-corrected chi connectivity index (χ1v) is 12.0. The van der Waals surface area contributed by atoms with Gasteiger partial charge in [0.25, 0.3) is 0 Å². The van der Waals surface area contributed by atoms with Crippen LogP contribution >= 0.6 is 35.0 Å². The van der Waals surface area contributed by atoms with Crippen molar-refractivity contribution in [1.29, 1.82) is 0 Å². The van der Waals surface area contributed by atoms with E-state index in [-0.39, 0.29) is 11.9 Å². The van der Waals surface area contributed by atoms with Crippen molar-refractivity contribution >= 4 is 46.7 Å². The molecule has 2 saturated heterocycles. The fraction of sp³-hybridized carbons (Fsp3) is 0.455. The van der Waals surface area contributed by atoms with E-state index >= 15 is 0 Å². The molecule has 1 aromatic carbocycles. The number of nitrogens with zero attached hydrogens (tertiary/aromatic N) is 3. The highest BCUT2D eigenvalue weighted by atomic mass is 35.5. The molecule has 3 heterocycles. The summed E-state index contributed by atoms with van der Waals surface area (Å²) in [5, 5.41) is 5.01. The van der Waals surface area contributed by atoms with Crippen LogP contribution in [0.3, 0.4) is 0 Å². The number of nitrogens with one attached hydrogen (secondary N) is 1. The molecule has 2 fully saturated rings. The van der Waals surface area contributed by atoms with E-state index in [1.165, 1.54) is 11.8 Å². The summed E-state index contributed by atoms with van der Waals surface area (Å²) in [7, 11) is 0. The van der Waals surface area contributed by atoms with Gasteiger partial charge in [0.2, 0.25) is 5.91 Å². The molecule has 0 bridgehead atoms. The Labute approximate surface area is 197 Å². The minimum absolute atomic E-state index is 0.0963. The number of benzene rings is 1. The van der Waals surface area contributed by atoms with Gasteiger partial charge in [0.1, 0.15) is 10.8 Å². The molecule has 2 aromatic rings. The highest BCUT2D eigenvalue weighted by molar-refractivity contribution is 7.99. The second-order valence-electron chi connectivity index (χ2n) is 7.72. The minimum atomic E-state index is 0.0963. The molecular weight excluding hydrogens is 455 g/mol. The second kappa shape index (κ2) is 10.4. The molecule has 4 rings (SSSR count). The van der Waals surface area contributed by atoms with Crippen LogP contribution in [0.25, 0.3) is 0 Å². The van der Waals surface area contributed by atoms with Crippen molar-refractivity contribution in [2.45, 2.75) is 48.6 Å². The van der Waals surface area contributed by atoms with Crippen molar-refractivity contribution in [3.8, 4) is 0 Å². The lowest BCUT2D eigenvalue weighted by Crippen LogP contribution is -2.44. The molecule has 31 heavy (non-hydrogen) atoms. The van der Waals surface area contributed by atoms with E-state index < -0.39 is 0 Å². The SMILES string of the molecule is Cc1nc(N2CC[C](C(=O)NC3CCOCC3)CC2)cnc1Sc1cccc(Cl)c1Cl. The van der Waals surface area contributed by atoms with Gasteiger partial charge in [-0.2, -0.15) is 0 Å². The van der Waals surface area contributed by atoms with Crippen molar-refractivity contribution < 1.29 is 9.53 Å². The number of hydrogen-bond acceptors (Lipinski definition) is 6. The molecule has 6 nitrogen and oxygen atoms in total. The van der Waals surface area contributed by atoms with Gasteiger partial charge >= 0.3 is 0 Å². The maximum atomic E-state index is 12.6. The maximum absolute atomic E-state index is 12.6. The molecular formula is C22H25Cl2N4O2S. The van der Waals surface area contributed by atoms with Crippen molar-refractivity contribution in [2.75, 3.05) is 31.2 Å². The third-order valence-corrected chi connectivity index (χ3v) is 7.67. The first-order chi connectivity index (χ1) is 15.0. The van der Waals surface area contributed by atoms with Gasteiger partial charge in [-0.15, -0.1) is 0 Å². The van der Waals surface area contributed by atoms with Gasteiger partial charge in [0.15, 0.2) is 0 Å². The van der Waals surface area contributed by atoms with Crippen LogP contribution in [-0.2, 0) is 9.53 Å². The zero-order valence-electron chi connectivity index (χ0n) is 17.4. The van der Waals surface area contributed by atoms with Gasteiger partial charge in [-0.05, 0) is 44.7 Å². The monoisotopic (exact) mass is 479 g/mol. The number of hydrogen-bond donors (Lipinski definition) is 1. The third-order valence-electron chi connectivity index (χ3n) is 5.58. The van der Waals surface area contributed by atoms with Crippen LogP contribution in [0.2, 0.25) is 10.0 Å². The minimum Gasteiger partial charge on any atom is -0.381 e. The number of carbonyl (C=O) groups is 1. The van der Waals surface area contributed by atoms with Crippen LogP contribution in [0.5, 0.6) is 0 Å². The topological polar surface area (TPSA) is 67.4 Å². The summed E-state index contributed by atoms with van der Waals surface area (Å²) in [4.78, 5) is 25.0. The Kier molecular flexibility index (Phi) is 7.59. The number of carbonyl (C=O) groups excluding carboxylic acids is 1. The summed E-state index contributed by atoms with van der Waals surface area (Å²) in [5.74, 6) is 1.90. The van der Waals surface area contributed by atoms with E-state index in [2.05, 4.69) is 15.2 Å². The van der Waals surface area contributed by atoms with Crippen molar-refractivity contribution in [1.82, 2.24) is 15.3 Å². The molecule has 0 saturated carbocycles. The first-order valence-electron chi connectivity index (χ1n) is 10.4. The molecule has 1 aromatic heterocycles. The van der Waals surface area contributed by atoms with Crippen LogP contribution in [0.1, 0.15) is 31.4 Å². The molecule has 0 unspecified atom stereocenters. The Hall–Kier alpha value is -1.54. The number of aromatic nitrogens is 2. The van der Waals surface area contributed by atoms with Crippen LogP contribution in [-0.4, -0.2) is 48.2 Å². The van der Waals surface area contributed by atoms with E-state index in [0.29, 0.717) is 10.0 Å². The number of rotatable bonds is 5. The maximum Gasteiger partial charge on any atom is 0.227 e. The normalized spacial score (nSPS) is 18.2. The zero-order valence-corrected chi connectivity index (χ0v) is 19.7. The molecule has 1 radical (unpaired) electrons. The number of anilines is 1. The molecule has 0 atom stereocenters. The van der Waals surface area contributed by atoms with Gasteiger partial charge in [-0.25, -0.2) is 9.97 Å². The van der Waals surface area contributed by atoms with Crippen LogP contribution in [0, 0.1) is 12.8 Å². The molecule has 0 aliphatic carbocycles. The van der Waals surface area contributed by atoms with Gasteiger partial charge in [-0.3, -0.25) is 4.79 Å². The van der Waals surface area contributed by atoms with Crippen molar-refractivity contribution in [3.63, 3.8) is 0 Å². The lowest BCUT2D eigenvalue weighted by Gasteiger charge is -2.33. The Morgan fingerprint density at radius 1 is 1.23 bits per heavy atom. The molecule has 9 heteroatoms. The Morgan fingerprint density at radius 2 is 1.97 bits per heavy atom. The fourth-order valence-electron chi connectivity index (χ4n) is 3.74. The van der Waals surface area contributed by atoms with Crippen molar-refractivity contribution in [3.05, 3.63) is 46.1 Å². The van der Waals surface area contributed by atoms with Gasteiger partial charge in [0.05, 0.1) is 27.9 Å². The van der Waals surface area contributed by atoms with E-state index in [1.54, 1.807) is 12.3 Å². The molecule has 2 aliphatic heterocycles. The summed E-state index contributed by atoms with van der Waals surface area (Å²) in [6, 6.07) is 5.79. The molecule has 1 amide bonds. The average molecular weight is 480 g/mol. The summed E-state index contributed by atoms with van der Waals surface area (Å²) < 4.78 is 5.36. The van der Waals surface area contributed by atoms with E-state index in [1.807, 2.05) is 19.1 Å². The highest BCUT2D eigenvalue weighted by Gasteiger charge is 2.28. The summed E-state index contributed by atoms with van der Waals surface area (Å²) in [6.07, 6.45) is 5.06. The number of piperidine rings is 1. The van der Waals surface area contributed by atoms with Gasteiger partial charge in [0, 0.05) is 37.2 Å². The summed E-state index contributed by atoms with van der Waals surface area (Å²) >= 11 is 13.9. The lowest BCUT2D eigenvalue weighted by atomic mass is 9.95. The Balaban J connectivity index is 1.34.